The molecule has 1 rings (SSSR count). The Kier molecular flexibility index (Phi) is 5.25. The molecule has 0 heterocycles. The Morgan fingerprint density at radius 2 is 1.35 bits per heavy atom. The molecule has 2 nitrogen and oxygen atoms in total. The van der Waals surface area contributed by atoms with Gasteiger partial charge < -0.3 is 9.84 Å². The van der Waals surface area contributed by atoms with Gasteiger partial charge in [-0.1, -0.05) is 12.1 Å². The van der Waals surface area contributed by atoms with Crippen LogP contribution in [0, 0.1) is 0 Å². The van der Waals surface area contributed by atoms with Crippen molar-refractivity contribution in [3.63, 3.8) is 0 Å². The first kappa shape index (κ1) is 19.5. The van der Waals surface area contributed by atoms with E-state index < -0.39 is 30.0 Å². The van der Waals surface area contributed by atoms with Gasteiger partial charge in [-0.3, -0.25) is 0 Å². The predicted octanol–water partition coefficient (Wildman–Crippen LogP) is 4.52. The number of rotatable bonds is 5. The lowest BCUT2D eigenvalue weighted by atomic mass is 9.83. The maximum absolute atomic E-state index is 13.8. The molecule has 0 aliphatic rings. The molecule has 1 atom stereocenters. The molecule has 0 aromatic heterocycles. The zero-order chi connectivity index (χ0) is 18.1. The van der Waals surface area contributed by atoms with Crippen LogP contribution in [0.15, 0.2) is 24.3 Å². The molecule has 132 valence electrons. The van der Waals surface area contributed by atoms with Gasteiger partial charge in [-0.2, -0.15) is 26.3 Å². The van der Waals surface area contributed by atoms with E-state index in [9.17, 15) is 35.8 Å². The molecule has 1 N–H and O–H groups in total. The highest BCUT2D eigenvalue weighted by atomic mass is 19.4. The molecule has 9 heteroatoms. The van der Waals surface area contributed by atoms with E-state index >= 15 is 0 Å². The van der Waals surface area contributed by atoms with Gasteiger partial charge in [0.1, 0.15) is 5.75 Å². The van der Waals surface area contributed by atoms with Gasteiger partial charge in [0.2, 0.25) is 0 Å². The standard InChI is InChI=1S/C14H15F7O2/c1-3-23-10-6-4-9(5-7-10)11(2,22)8-12(15,13(16,17)18)14(19,20)21/h4-7,22H,3,8H2,1-2H3. The number of benzene rings is 1. The van der Waals surface area contributed by atoms with Crippen molar-refractivity contribution < 1.29 is 40.6 Å². The summed E-state index contributed by atoms with van der Waals surface area (Å²) in [5.41, 5.74) is -8.51. The molecule has 0 fully saturated rings. The predicted molar refractivity (Wildman–Crippen MR) is 67.7 cm³/mol. The second kappa shape index (κ2) is 6.18. The Hall–Kier alpha value is -1.51. The fourth-order valence-electron chi connectivity index (χ4n) is 2.01. The van der Waals surface area contributed by atoms with Crippen molar-refractivity contribution >= 4 is 0 Å². The number of aliphatic hydroxyl groups is 1. The van der Waals surface area contributed by atoms with Crippen LogP contribution in [0.2, 0.25) is 0 Å². The minimum atomic E-state index is -6.21. The maximum atomic E-state index is 13.8. The Labute approximate surface area is 127 Å². The Morgan fingerprint density at radius 1 is 0.913 bits per heavy atom. The summed E-state index contributed by atoms with van der Waals surface area (Å²) in [6.45, 7) is 2.66. The van der Waals surface area contributed by atoms with Crippen molar-refractivity contribution in [1.82, 2.24) is 0 Å². The largest absolute Gasteiger partial charge is 0.494 e. The summed E-state index contributed by atoms with van der Waals surface area (Å²) in [6.07, 6.45) is -14.6. The van der Waals surface area contributed by atoms with Gasteiger partial charge in [-0.05, 0) is 31.5 Å². The summed E-state index contributed by atoms with van der Waals surface area (Å²) in [5.74, 6) is 0.310. The quantitative estimate of drug-likeness (QED) is 0.793. The summed E-state index contributed by atoms with van der Waals surface area (Å²) in [7, 11) is 0. The molecule has 1 aromatic rings. The first-order valence-electron chi connectivity index (χ1n) is 6.52. The summed E-state index contributed by atoms with van der Waals surface area (Å²) >= 11 is 0. The molecule has 0 amide bonds. The highest BCUT2D eigenvalue weighted by molar-refractivity contribution is 5.31. The average Bonchev–Trinajstić information content (AvgIpc) is 2.36. The molecule has 1 aromatic carbocycles. The van der Waals surface area contributed by atoms with Crippen LogP contribution in [0.1, 0.15) is 25.8 Å². The smallest absolute Gasteiger partial charge is 0.431 e. The van der Waals surface area contributed by atoms with Gasteiger partial charge in [0.25, 0.3) is 0 Å². The van der Waals surface area contributed by atoms with E-state index in [0.717, 1.165) is 12.1 Å². The van der Waals surface area contributed by atoms with Gasteiger partial charge >= 0.3 is 18.0 Å². The third-order valence-electron chi connectivity index (χ3n) is 3.27. The van der Waals surface area contributed by atoms with Gasteiger partial charge in [0, 0.05) is 6.42 Å². The highest BCUT2D eigenvalue weighted by Gasteiger charge is 2.73. The molecule has 0 aliphatic carbocycles. The molecular formula is C14H15F7O2. The summed E-state index contributed by atoms with van der Waals surface area (Å²) in [4.78, 5) is 0. The molecule has 1 unspecified atom stereocenters. The van der Waals surface area contributed by atoms with Crippen LogP contribution in [-0.2, 0) is 5.60 Å². The monoisotopic (exact) mass is 348 g/mol. The lowest BCUT2D eigenvalue weighted by Crippen LogP contribution is -2.56. The number of halogens is 7. The average molecular weight is 348 g/mol. The van der Waals surface area contributed by atoms with Crippen LogP contribution in [-0.4, -0.2) is 29.7 Å². The van der Waals surface area contributed by atoms with Crippen LogP contribution in [0.3, 0.4) is 0 Å². The van der Waals surface area contributed by atoms with Crippen LogP contribution in [0.4, 0.5) is 30.7 Å². The Balaban J connectivity index is 3.16. The van der Waals surface area contributed by atoms with Crippen molar-refractivity contribution in [2.24, 2.45) is 0 Å². The number of alkyl halides is 7. The lowest BCUT2D eigenvalue weighted by molar-refractivity contribution is -0.352. The third kappa shape index (κ3) is 4.07. The van der Waals surface area contributed by atoms with Crippen molar-refractivity contribution in [1.29, 1.82) is 0 Å². The van der Waals surface area contributed by atoms with Crippen molar-refractivity contribution in [2.75, 3.05) is 6.61 Å². The normalized spacial score (nSPS) is 16.1. The van der Waals surface area contributed by atoms with Crippen LogP contribution < -0.4 is 4.74 Å². The van der Waals surface area contributed by atoms with Crippen LogP contribution in [0.5, 0.6) is 5.75 Å². The van der Waals surface area contributed by atoms with Crippen molar-refractivity contribution in [2.45, 2.75) is 43.9 Å². The second-order valence-corrected chi connectivity index (χ2v) is 5.20. The Morgan fingerprint density at radius 3 is 1.70 bits per heavy atom. The van der Waals surface area contributed by atoms with E-state index in [1.165, 1.54) is 12.1 Å². The first-order valence-corrected chi connectivity index (χ1v) is 6.52. The minimum Gasteiger partial charge on any atom is -0.494 e. The van der Waals surface area contributed by atoms with Crippen molar-refractivity contribution in [3.05, 3.63) is 29.8 Å². The van der Waals surface area contributed by atoms with E-state index in [0.29, 0.717) is 19.3 Å². The van der Waals surface area contributed by atoms with Crippen LogP contribution >= 0.6 is 0 Å². The fraction of sp³-hybridized carbons (Fsp3) is 0.571. The highest BCUT2D eigenvalue weighted by Crippen LogP contribution is 2.51. The lowest BCUT2D eigenvalue weighted by Gasteiger charge is -2.36. The van der Waals surface area contributed by atoms with Gasteiger partial charge in [-0.25, -0.2) is 4.39 Å². The van der Waals surface area contributed by atoms with Gasteiger partial charge in [0.05, 0.1) is 12.2 Å². The van der Waals surface area contributed by atoms with Gasteiger partial charge in [0.15, 0.2) is 0 Å². The topological polar surface area (TPSA) is 29.5 Å². The molecule has 0 radical (unpaired) electrons. The van der Waals surface area contributed by atoms with E-state index in [1.54, 1.807) is 6.92 Å². The minimum absolute atomic E-state index is 0.295. The fourth-order valence-corrected chi connectivity index (χ4v) is 2.01. The number of hydrogen-bond donors (Lipinski definition) is 1. The maximum Gasteiger partial charge on any atom is 0.431 e. The second-order valence-electron chi connectivity index (χ2n) is 5.20. The van der Waals surface area contributed by atoms with Crippen molar-refractivity contribution in [3.8, 4) is 5.75 Å². The third-order valence-corrected chi connectivity index (χ3v) is 3.27. The summed E-state index contributed by atoms with van der Waals surface area (Å²) in [6, 6.07) is 4.68. The molecule has 0 saturated heterocycles. The molecule has 0 aliphatic heterocycles. The zero-order valence-corrected chi connectivity index (χ0v) is 12.2. The molecule has 23 heavy (non-hydrogen) atoms. The number of ether oxygens (including phenoxy) is 1. The van der Waals surface area contributed by atoms with E-state index in [2.05, 4.69) is 0 Å². The first-order chi connectivity index (χ1) is 10.2. The van der Waals surface area contributed by atoms with Crippen LogP contribution in [0.25, 0.3) is 0 Å². The number of hydrogen-bond acceptors (Lipinski definition) is 2. The Bertz CT molecular complexity index is 503. The molecular weight excluding hydrogens is 333 g/mol. The van der Waals surface area contributed by atoms with E-state index in [-0.39, 0.29) is 5.56 Å². The molecule has 0 bridgehead atoms. The van der Waals surface area contributed by atoms with E-state index in [4.69, 9.17) is 4.74 Å². The zero-order valence-electron chi connectivity index (χ0n) is 12.2. The summed E-state index contributed by atoms with van der Waals surface area (Å²) in [5, 5.41) is 9.99. The SMILES string of the molecule is CCOc1ccc(C(C)(O)CC(F)(C(F)(F)F)C(F)(F)F)cc1. The molecule has 0 spiro atoms. The van der Waals surface area contributed by atoms with Gasteiger partial charge in [-0.15, -0.1) is 0 Å². The van der Waals surface area contributed by atoms with E-state index in [1.807, 2.05) is 0 Å². The molecule has 0 saturated carbocycles. The summed E-state index contributed by atoms with van der Waals surface area (Å²) < 4.78 is 94.3.